The first kappa shape index (κ1) is 17.9. The third-order valence-electron chi connectivity index (χ3n) is 4.15. The first-order valence-electron chi connectivity index (χ1n) is 8.03. The van der Waals surface area contributed by atoms with Crippen LogP contribution in [0, 0.1) is 6.92 Å². The van der Waals surface area contributed by atoms with Gasteiger partial charge in [0.1, 0.15) is 0 Å². The molecule has 0 N–H and O–H groups in total. The Labute approximate surface area is 153 Å². The lowest BCUT2D eigenvalue weighted by Crippen LogP contribution is -2.10. The lowest BCUT2D eigenvalue weighted by atomic mass is 9.97. The van der Waals surface area contributed by atoms with Crippen LogP contribution in [0.2, 0.25) is 0 Å². The molecule has 3 aromatic carbocycles. The largest absolute Gasteiger partial charge is 0.465 e. The van der Waals surface area contributed by atoms with Crippen LogP contribution in [0.3, 0.4) is 0 Å². The number of ether oxygens (including phenoxy) is 1. The van der Waals surface area contributed by atoms with Crippen LogP contribution < -0.4 is 0 Å². The molecule has 0 bridgehead atoms. The molecule has 0 unspecified atom stereocenters. The number of aryl methyl sites for hydroxylation is 1. The van der Waals surface area contributed by atoms with Gasteiger partial charge in [0.2, 0.25) is 9.84 Å². The number of carbonyl (C=O) groups excluding carboxylic acids is 1. The summed E-state index contributed by atoms with van der Waals surface area (Å²) in [5, 5.41) is 0. The summed E-state index contributed by atoms with van der Waals surface area (Å²) < 4.78 is 30.9. The average Bonchev–Trinajstić information content (AvgIpc) is 2.68. The predicted molar refractivity (Wildman–Crippen MR) is 99.8 cm³/mol. The summed E-state index contributed by atoms with van der Waals surface area (Å²) in [7, 11) is -2.46. The predicted octanol–water partition coefficient (Wildman–Crippen LogP) is 4.28. The second kappa shape index (κ2) is 7.14. The highest BCUT2D eigenvalue weighted by Gasteiger charge is 2.24. The Balaban J connectivity index is 2.25. The third-order valence-corrected chi connectivity index (χ3v) is 6.06. The highest BCUT2D eigenvalue weighted by molar-refractivity contribution is 7.91. The number of sulfone groups is 1. The normalized spacial score (nSPS) is 11.2. The molecule has 0 heterocycles. The standard InChI is InChI=1S/C21H18O4S/c1-15-13-18(16-9-5-3-6-10-16)19(21(22)25-2)14-20(15)26(23,24)17-11-7-4-8-12-17/h3-14H,1-2H3. The number of hydrogen-bond donors (Lipinski definition) is 0. The smallest absolute Gasteiger partial charge is 0.338 e. The average molecular weight is 366 g/mol. The van der Waals surface area contributed by atoms with E-state index in [0.29, 0.717) is 11.1 Å². The van der Waals surface area contributed by atoms with E-state index in [0.717, 1.165) is 5.56 Å². The van der Waals surface area contributed by atoms with E-state index in [4.69, 9.17) is 4.74 Å². The minimum atomic E-state index is -3.74. The first-order chi connectivity index (χ1) is 12.4. The molecular weight excluding hydrogens is 348 g/mol. The van der Waals surface area contributed by atoms with E-state index in [1.54, 1.807) is 31.2 Å². The number of carbonyl (C=O) groups is 1. The lowest BCUT2D eigenvalue weighted by Gasteiger charge is -2.14. The molecular formula is C21H18O4S. The zero-order chi connectivity index (χ0) is 18.7. The second-order valence-corrected chi connectivity index (χ2v) is 7.76. The van der Waals surface area contributed by atoms with E-state index in [1.165, 1.54) is 25.3 Å². The summed E-state index contributed by atoms with van der Waals surface area (Å²) in [6.07, 6.45) is 0. The molecule has 5 heteroatoms. The van der Waals surface area contributed by atoms with Crippen LogP contribution in [0.5, 0.6) is 0 Å². The number of methoxy groups -OCH3 is 1. The van der Waals surface area contributed by atoms with Gasteiger partial charge in [-0.25, -0.2) is 13.2 Å². The van der Waals surface area contributed by atoms with Crippen molar-refractivity contribution < 1.29 is 17.9 Å². The summed E-state index contributed by atoms with van der Waals surface area (Å²) >= 11 is 0. The van der Waals surface area contributed by atoms with Crippen molar-refractivity contribution in [3.63, 3.8) is 0 Å². The van der Waals surface area contributed by atoms with Gasteiger partial charge < -0.3 is 4.74 Å². The Kier molecular flexibility index (Phi) is 4.91. The molecule has 0 aromatic heterocycles. The Bertz CT molecular complexity index is 1040. The van der Waals surface area contributed by atoms with Gasteiger partial charge in [0.15, 0.2) is 0 Å². The second-order valence-electron chi connectivity index (χ2n) is 5.84. The highest BCUT2D eigenvalue weighted by Crippen LogP contribution is 2.32. The summed E-state index contributed by atoms with van der Waals surface area (Å²) in [4.78, 5) is 12.6. The van der Waals surface area contributed by atoms with Gasteiger partial charge >= 0.3 is 5.97 Å². The lowest BCUT2D eigenvalue weighted by molar-refractivity contribution is 0.0601. The molecule has 4 nitrogen and oxygen atoms in total. The SMILES string of the molecule is COC(=O)c1cc(S(=O)(=O)c2ccccc2)c(C)cc1-c1ccccc1. The van der Waals surface area contributed by atoms with Crippen molar-refractivity contribution in [1.82, 2.24) is 0 Å². The zero-order valence-corrected chi connectivity index (χ0v) is 15.3. The van der Waals surface area contributed by atoms with Crippen LogP contribution in [0.1, 0.15) is 15.9 Å². The molecule has 0 saturated carbocycles. The first-order valence-corrected chi connectivity index (χ1v) is 9.52. The molecule has 0 amide bonds. The van der Waals surface area contributed by atoms with Gasteiger partial charge in [-0.3, -0.25) is 0 Å². The quantitative estimate of drug-likeness (QED) is 0.647. The fraction of sp³-hybridized carbons (Fsp3) is 0.0952. The van der Waals surface area contributed by atoms with Crippen molar-refractivity contribution in [2.45, 2.75) is 16.7 Å². The molecule has 0 saturated heterocycles. The number of benzene rings is 3. The van der Waals surface area contributed by atoms with Crippen LogP contribution in [-0.2, 0) is 14.6 Å². The Morgan fingerprint density at radius 2 is 1.46 bits per heavy atom. The van der Waals surface area contributed by atoms with Crippen LogP contribution in [0.25, 0.3) is 11.1 Å². The maximum Gasteiger partial charge on any atom is 0.338 e. The van der Waals surface area contributed by atoms with Crippen molar-refractivity contribution in [2.75, 3.05) is 7.11 Å². The minimum Gasteiger partial charge on any atom is -0.465 e. The third kappa shape index (κ3) is 3.26. The van der Waals surface area contributed by atoms with Crippen LogP contribution in [0.4, 0.5) is 0 Å². The van der Waals surface area contributed by atoms with Crippen molar-refractivity contribution in [3.8, 4) is 11.1 Å². The topological polar surface area (TPSA) is 60.4 Å². The summed E-state index contributed by atoms with van der Waals surface area (Å²) in [6, 6.07) is 20.6. The summed E-state index contributed by atoms with van der Waals surface area (Å²) in [5.74, 6) is -0.576. The van der Waals surface area contributed by atoms with Crippen LogP contribution >= 0.6 is 0 Å². The molecule has 0 aliphatic carbocycles. The van der Waals surface area contributed by atoms with Gasteiger partial charge in [0, 0.05) is 0 Å². The molecule has 0 aliphatic heterocycles. The van der Waals surface area contributed by atoms with E-state index in [1.807, 2.05) is 30.3 Å². The maximum atomic E-state index is 13.0. The van der Waals surface area contributed by atoms with Gasteiger partial charge in [0.25, 0.3) is 0 Å². The monoisotopic (exact) mass is 366 g/mol. The fourth-order valence-corrected chi connectivity index (χ4v) is 4.36. The van der Waals surface area contributed by atoms with E-state index in [-0.39, 0.29) is 15.4 Å². The van der Waals surface area contributed by atoms with Gasteiger partial charge in [-0.15, -0.1) is 0 Å². The molecule has 26 heavy (non-hydrogen) atoms. The Morgan fingerprint density at radius 1 is 0.885 bits per heavy atom. The van der Waals surface area contributed by atoms with Crippen molar-refractivity contribution in [2.24, 2.45) is 0 Å². The Hall–Kier alpha value is -2.92. The number of rotatable bonds is 4. The molecule has 0 fully saturated rings. The minimum absolute atomic E-state index is 0.101. The molecule has 3 aromatic rings. The number of esters is 1. The number of hydrogen-bond acceptors (Lipinski definition) is 4. The molecule has 0 radical (unpaired) electrons. The zero-order valence-electron chi connectivity index (χ0n) is 14.5. The van der Waals surface area contributed by atoms with E-state index in [9.17, 15) is 13.2 Å². The van der Waals surface area contributed by atoms with Gasteiger partial charge in [-0.05, 0) is 47.9 Å². The van der Waals surface area contributed by atoms with Gasteiger partial charge in [-0.2, -0.15) is 0 Å². The molecule has 0 atom stereocenters. The summed E-state index contributed by atoms with van der Waals surface area (Å²) in [5.41, 5.74) is 2.25. The highest BCUT2D eigenvalue weighted by atomic mass is 32.2. The molecule has 132 valence electrons. The molecule has 0 aliphatic rings. The van der Waals surface area contributed by atoms with E-state index < -0.39 is 15.8 Å². The Morgan fingerprint density at radius 3 is 2.04 bits per heavy atom. The molecule has 0 spiro atoms. The van der Waals surface area contributed by atoms with Gasteiger partial charge in [-0.1, -0.05) is 48.5 Å². The van der Waals surface area contributed by atoms with Crippen molar-refractivity contribution in [1.29, 1.82) is 0 Å². The maximum absolute atomic E-state index is 13.0. The van der Waals surface area contributed by atoms with Crippen molar-refractivity contribution in [3.05, 3.63) is 83.9 Å². The van der Waals surface area contributed by atoms with E-state index in [2.05, 4.69) is 0 Å². The van der Waals surface area contributed by atoms with Crippen molar-refractivity contribution >= 4 is 15.8 Å². The van der Waals surface area contributed by atoms with Crippen LogP contribution in [-0.4, -0.2) is 21.5 Å². The van der Waals surface area contributed by atoms with Crippen LogP contribution in [0.15, 0.2) is 82.6 Å². The fourth-order valence-electron chi connectivity index (χ4n) is 2.84. The molecule has 3 rings (SSSR count). The summed E-state index contributed by atoms with van der Waals surface area (Å²) in [6.45, 7) is 1.73. The van der Waals surface area contributed by atoms with Gasteiger partial charge in [0.05, 0.1) is 22.5 Å². The van der Waals surface area contributed by atoms with E-state index >= 15 is 0 Å².